The maximum atomic E-state index is 13.0. The van der Waals surface area contributed by atoms with Gasteiger partial charge in [-0.15, -0.1) is 11.3 Å². The number of hydrazine groups is 1. The van der Waals surface area contributed by atoms with Gasteiger partial charge in [0.1, 0.15) is 11.5 Å². The molecule has 0 saturated heterocycles. The van der Waals surface area contributed by atoms with Gasteiger partial charge in [0.05, 0.1) is 23.5 Å². The van der Waals surface area contributed by atoms with Gasteiger partial charge in [0.15, 0.2) is 5.76 Å². The van der Waals surface area contributed by atoms with E-state index in [0.717, 1.165) is 23.5 Å². The highest BCUT2D eigenvalue weighted by atomic mass is 32.1. The second-order valence-corrected chi connectivity index (χ2v) is 8.64. The van der Waals surface area contributed by atoms with Gasteiger partial charge in [0.2, 0.25) is 0 Å². The Kier molecular flexibility index (Phi) is 7.56. The fourth-order valence-corrected chi connectivity index (χ4v) is 4.25. The highest BCUT2D eigenvalue weighted by Gasteiger charge is 2.20. The first-order chi connectivity index (χ1) is 16.6. The van der Waals surface area contributed by atoms with E-state index in [4.69, 9.17) is 4.42 Å². The van der Waals surface area contributed by atoms with Gasteiger partial charge >= 0.3 is 5.91 Å². The lowest BCUT2D eigenvalue weighted by Crippen LogP contribution is -2.41. The molecule has 176 valence electrons. The van der Waals surface area contributed by atoms with Gasteiger partial charge in [0, 0.05) is 6.20 Å². The summed E-state index contributed by atoms with van der Waals surface area (Å²) >= 11 is 1.50. The largest absolute Gasteiger partial charge is 0.454 e. The highest BCUT2D eigenvalue weighted by molar-refractivity contribution is 7.13. The number of thiophene rings is 1. The van der Waals surface area contributed by atoms with E-state index in [1.807, 2.05) is 47.8 Å². The monoisotopic (exact) mass is 477 g/mol. The number of carbonyl (C=O) groups excluding carboxylic acids is 2. The molecule has 0 bridgehead atoms. The van der Waals surface area contributed by atoms with Crippen molar-refractivity contribution in [1.82, 2.24) is 25.5 Å². The van der Waals surface area contributed by atoms with Crippen LogP contribution >= 0.6 is 11.3 Å². The van der Waals surface area contributed by atoms with Gasteiger partial charge < -0.3 is 4.42 Å². The molecule has 0 aliphatic rings. The molecule has 2 N–H and O–H groups in total. The van der Waals surface area contributed by atoms with Gasteiger partial charge in [0.25, 0.3) is 5.91 Å². The zero-order valence-corrected chi connectivity index (χ0v) is 20.0. The lowest BCUT2D eigenvalue weighted by Gasteiger charge is -2.15. The molecule has 9 heteroatoms. The van der Waals surface area contributed by atoms with E-state index < -0.39 is 11.8 Å². The third-order valence-corrected chi connectivity index (χ3v) is 6.27. The molecule has 3 heterocycles. The van der Waals surface area contributed by atoms with Gasteiger partial charge in [-0.3, -0.25) is 30.0 Å². The highest BCUT2D eigenvalue weighted by Crippen LogP contribution is 2.27. The van der Waals surface area contributed by atoms with E-state index in [-0.39, 0.29) is 5.76 Å². The summed E-state index contributed by atoms with van der Waals surface area (Å²) in [5.41, 5.74) is 6.95. The lowest BCUT2D eigenvalue weighted by molar-refractivity contribution is 0.0829. The van der Waals surface area contributed by atoms with Crippen LogP contribution in [0.15, 0.2) is 70.6 Å². The maximum Gasteiger partial charge on any atom is 0.305 e. The standard InChI is InChI=1S/C25H27N5O3S/c1-3-29(4-2)16-19-12-13-21(33-19)25(32)27-26-24(31)20-17-30(15-18-9-6-5-7-10-18)28-23(20)22-11-8-14-34-22/h5-14,17H,3-4,15-16H2,1-2H3,(H,26,31)(H,27,32). The Morgan fingerprint density at radius 1 is 1.00 bits per heavy atom. The minimum absolute atomic E-state index is 0.140. The number of furan rings is 1. The lowest BCUT2D eigenvalue weighted by atomic mass is 10.2. The predicted octanol–water partition coefficient (Wildman–Crippen LogP) is 4.17. The number of benzene rings is 1. The fraction of sp³-hybridized carbons (Fsp3) is 0.240. The Morgan fingerprint density at radius 2 is 1.76 bits per heavy atom. The molecule has 2 amide bonds. The minimum Gasteiger partial charge on any atom is -0.454 e. The van der Waals surface area contributed by atoms with Crippen LogP contribution in [-0.4, -0.2) is 39.6 Å². The molecule has 0 spiro atoms. The van der Waals surface area contributed by atoms with Crippen LogP contribution in [0.25, 0.3) is 10.6 Å². The first-order valence-corrected chi connectivity index (χ1v) is 12.0. The average Bonchev–Trinajstić information content (AvgIpc) is 3.62. The number of rotatable bonds is 9. The number of hydrogen-bond acceptors (Lipinski definition) is 6. The number of aromatic nitrogens is 2. The van der Waals surface area contributed by atoms with Crippen LogP contribution in [-0.2, 0) is 13.1 Å². The summed E-state index contributed by atoms with van der Waals surface area (Å²) < 4.78 is 7.38. The molecule has 8 nitrogen and oxygen atoms in total. The first-order valence-electron chi connectivity index (χ1n) is 11.1. The zero-order valence-electron chi connectivity index (χ0n) is 19.2. The SMILES string of the molecule is CCN(CC)Cc1ccc(C(=O)NNC(=O)c2cn(Cc3ccccc3)nc2-c2cccs2)o1. The van der Waals surface area contributed by atoms with Crippen molar-refractivity contribution >= 4 is 23.2 Å². The van der Waals surface area contributed by atoms with Crippen molar-refractivity contribution in [3.63, 3.8) is 0 Å². The number of carbonyl (C=O) groups is 2. The number of nitrogens with zero attached hydrogens (tertiary/aromatic N) is 3. The third-order valence-electron chi connectivity index (χ3n) is 5.40. The summed E-state index contributed by atoms with van der Waals surface area (Å²) in [5.74, 6) is -0.137. The Bertz CT molecular complexity index is 1230. The maximum absolute atomic E-state index is 13.0. The van der Waals surface area contributed by atoms with Crippen LogP contribution in [0.3, 0.4) is 0 Å². The van der Waals surface area contributed by atoms with Gasteiger partial charge in [-0.2, -0.15) is 5.10 Å². The molecule has 0 fully saturated rings. The van der Waals surface area contributed by atoms with E-state index in [0.29, 0.717) is 30.1 Å². The first kappa shape index (κ1) is 23.5. The van der Waals surface area contributed by atoms with Crippen LogP contribution in [0.5, 0.6) is 0 Å². The molecule has 0 aliphatic heterocycles. The molecule has 0 aliphatic carbocycles. The van der Waals surface area contributed by atoms with Gasteiger partial charge in [-0.05, 0) is 42.2 Å². The summed E-state index contributed by atoms with van der Waals surface area (Å²) in [7, 11) is 0. The van der Waals surface area contributed by atoms with E-state index >= 15 is 0 Å². The second kappa shape index (κ2) is 11.0. The fourth-order valence-electron chi connectivity index (χ4n) is 3.53. The molecule has 0 atom stereocenters. The summed E-state index contributed by atoms with van der Waals surface area (Å²) in [5, 5.41) is 6.56. The topological polar surface area (TPSA) is 92.4 Å². The van der Waals surface area contributed by atoms with Crippen molar-refractivity contribution in [2.75, 3.05) is 13.1 Å². The normalized spacial score (nSPS) is 11.0. The van der Waals surface area contributed by atoms with Crippen molar-refractivity contribution in [2.24, 2.45) is 0 Å². The smallest absolute Gasteiger partial charge is 0.305 e. The molecular formula is C25H27N5O3S. The van der Waals surface area contributed by atoms with Crippen LogP contribution < -0.4 is 10.9 Å². The van der Waals surface area contributed by atoms with Gasteiger partial charge in [-0.25, -0.2) is 0 Å². The molecule has 1 aromatic carbocycles. The number of hydrogen-bond donors (Lipinski definition) is 2. The summed E-state index contributed by atoms with van der Waals surface area (Å²) in [6.45, 7) is 7.07. The number of amides is 2. The summed E-state index contributed by atoms with van der Waals surface area (Å²) in [6, 6.07) is 17.1. The Balaban J connectivity index is 1.45. The van der Waals surface area contributed by atoms with Crippen molar-refractivity contribution < 1.29 is 14.0 Å². The Hall–Kier alpha value is -3.69. The average molecular weight is 478 g/mol. The molecular weight excluding hydrogens is 450 g/mol. The molecule has 0 unspecified atom stereocenters. The van der Waals surface area contributed by atoms with E-state index in [1.54, 1.807) is 23.0 Å². The molecule has 3 aromatic heterocycles. The molecule has 34 heavy (non-hydrogen) atoms. The van der Waals surface area contributed by atoms with Gasteiger partial charge in [-0.1, -0.05) is 50.2 Å². The quantitative estimate of drug-likeness (QED) is 0.353. The third kappa shape index (κ3) is 5.62. The Morgan fingerprint density at radius 3 is 2.47 bits per heavy atom. The number of nitrogens with one attached hydrogen (secondary N) is 2. The van der Waals surface area contributed by atoms with Crippen molar-refractivity contribution in [2.45, 2.75) is 26.9 Å². The van der Waals surface area contributed by atoms with Crippen LogP contribution in [0.4, 0.5) is 0 Å². The predicted molar refractivity (Wildman–Crippen MR) is 131 cm³/mol. The van der Waals surface area contributed by atoms with E-state index in [2.05, 4.69) is 34.7 Å². The van der Waals surface area contributed by atoms with E-state index in [9.17, 15) is 9.59 Å². The minimum atomic E-state index is -0.520. The Labute approximate surface area is 202 Å². The van der Waals surface area contributed by atoms with Crippen molar-refractivity contribution in [1.29, 1.82) is 0 Å². The van der Waals surface area contributed by atoms with E-state index in [1.165, 1.54) is 11.3 Å². The van der Waals surface area contributed by atoms with Crippen LogP contribution in [0.2, 0.25) is 0 Å². The van der Waals surface area contributed by atoms with Crippen LogP contribution in [0.1, 0.15) is 46.1 Å². The summed E-state index contributed by atoms with van der Waals surface area (Å²) in [4.78, 5) is 28.6. The zero-order chi connectivity index (χ0) is 23.9. The van der Waals surface area contributed by atoms with Crippen molar-refractivity contribution in [3.8, 4) is 10.6 Å². The summed E-state index contributed by atoms with van der Waals surface area (Å²) in [6.07, 6.45) is 1.69. The van der Waals surface area contributed by atoms with Crippen molar-refractivity contribution in [3.05, 3.63) is 88.8 Å². The second-order valence-electron chi connectivity index (χ2n) is 7.69. The molecule has 0 saturated carbocycles. The molecule has 0 radical (unpaired) electrons. The molecule has 4 rings (SSSR count). The van der Waals surface area contributed by atoms with Crippen LogP contribution in [0, 0.1) is 0 Å². The molecule has 4 aromatic rings.